The van der Waals surface area contributed by atoms with Crippen molar-refractivity contribution >= 4 is 17.1 Å². The summed E-state index contributed by atoms with van der Waals surface area (Å²) in [5, 5.41) is 0.938. The fourth-order valence-electron chi connectivity index (χ4n) is 1.56. The molecule has 3 heteroatoms. The minimum atomic E-state index is 0.153. The smallest absolute Gasteiger partial charge is 0.178 e. The zero-order valence-corrected chi connectivity index (χ0v) is 10.2. The van der Waals surface area contributed by atoms with E-state index in [1.807, 2.05) is 38.1 Å². The topological polar surface area (TPSA) is 30.0 Å². The van der Waals surface area contributed by atoms with Gasteiger partial charge in [0.05, 0.1) is 9.88 Å². The minimum Gasteiger partial charge on any atom is -0.293 e. The number of thiazole rings is 1. The first-order chi connectivity index (χ1) is 7.66. The molecule has 0 aliphatic rings. The average molecular weight is 231 g/mol. The summed E-state index contributed by atoms with van der Waals surface area (Å²) in [5.41, 5.74) is 2.26. The maximum absolute atomic E-state index is 12.0. The molecule has 0 spiro atoms. The first-order valence-corrected chi connectivity index (χ1v) is 5.98. The van der Waals surface area contributed by atoms with Crippen LogP contribution in [0.25, 0.3) is 0 Å². The minimum absolute atomic E-state index is 0.153. The van der Waals surface area contributed by atoms with Gasteiger partial charge in [0.1, 0.15) is 0 Å². The molecule has 0 N–H and O–H groups in total. The lowest BCUT2D eigenvalue weighted by Gasteiger charge is -2.02. The van der Waals surface area contributed by atoms with Crippen molar-refractivity contribution in [3.05, 3.63) is 51.5 Å². The number of benzene rings is 1. The van der Waals surface area contributed by atoms with Crippen molar-refractivity contribution < 1.29 is 4.79 Å². The second-order valence-corrected chi connectivity index (χ2v) is 5.00. The number of carbonyl (C=O) groups is 1. The van der Waals surface area contributed by atoms with E-state index in [9.17, 15) is 4.79 Å². The molecule has 2 rings (SSSR count). The lowest BCUT2D eigenvalue weighted by Crippen LogP contribution is -2.02. The Kier molecular flexibility index (Phi) is 3.15. The van der Waals surface area contributed by atoms with E-state index < -0.39 is 0 Å². The van der Waals surface area contributed by atoms with Crippen LogP contribution in [0.2, 0.25) is 0 Å². The predicted octanol–water partition coefficient (Wildman–Crippen LogP) is 3.19. The van der Waals surface area contributed by atoms with Crippen molar-refractivity contribution in [3.63, 3.8) is 0 Å². The standard InChI is InChI=1S/C13H13NOS/c1-9-5-3-4-6-11(9)7-12(15)13-8-14-10(2)16-13/h3-6,8H,7H2,1-2H3. The molecule has 0 bridgehead atoms. The van der Waals surface area contributed by atoms with E-state index in [4.69, 9.17) is 0 Å². The van der Waals surface area contributed by atoms with Crippen molar-refractivity contribution in [1.29, 1.82) is 0 Å². The summed E-state index contributed by atoms with van der Waals surface area (Å²) in [5.74, 6) is 0.153. The number of aromatic nitrogens is 1. The van der Waals surface area contributed by atoms with Gasteiger partial charge < -0.3 is 0 Å². The molecule has 0 aliphatic heterocycles. The van der Waals surface area contributed by atoms with Crippen LogP contribution in [0.1, 0.15) is 25.8 Å². The molecule has 2 nitrogen and oxygen atoms in total. The molecule has 0 amide bonds. The summed E-state index contributed by atoms with van der Waals surface area (Å²) in [7, 11) is 0. The third-order valence-electron chi connectivity index (χ3n) is 2.51. The Morgan fingerprint density at radius 1 is 1.31 bits per heavy atom. The molecular formula is C13H13NOS. The largest absolute Gasteiger partial charge is 0.293 e. The zero-order valence-electron chi connectivity index (χ0n) is 9.36. The van der Waals surface area contributed by atoms with Crippen LogP contribution in [-0.2, 0) is 6.42 Å². The molecule has 0 saturated heterocycles. The molecule has 1 heterocycles. The van der Waals surface area contributed by atoms with Crippen LogP contribution in [0.3, 0.4) is 0 Å². The number of Topliss-reactive ketones (excluding diaryl/α,β-unsaturated/α-hetero) is 1. The molecule has 0 unspecified atom stereocenters. The monoisotopic (exact) mass is 231 g/mol. The van der Waals surface area contributed by atoms with Gasteiger partial charge in [0.15, 0.2) is 5.78 Å². The van der Waals surface area contributed by atoms with E-state index in [2.05, 4.69) is 4.98 Å². The molecular weight excluding hydrogens is 218 g/mol. The molecule has 1 aromatic heterocycles. The first kappa shape index (κ1) is 11.0. The summed E-state index contributed by atoms with van der Waals surface area (Å²) in [6.07, 6.45) is 2.13. The van der Waals surface area contributed by atoms with E-state index >= 15 is 0 Å². The quantitative estimate of drug-likeness (QED) is 0.759. The van der Waals surface area contributed by atoms with E-state index in [-0.39, 0.29) is 5.78 Å². The fourth-order valence-corrected chi connectivity index (χ4v) is 2.27. The van der Waals surface area contributed by atoms with Gasteiger partial charge in [0, 0.05) is 12.6 Å². The van der Waals surface area contributed by atoms with Crippen molar-refractivity contribution in [2.75, 3.05) is 0 Å². The Balaban J connectivity index is 2.17. The summed E-state index contributed by atoms with van der Waals surface area (Å²) < 4.78 is 0. The van der Waals surface area contributed by atoms with Crippen LogP contribution < -0.4 is 0 Å². The van der Waals surface area contributed by atoms with Gasteiger partial charge in [-0.2, -0.15) is 0 Å². The van der Waals surface area contributed by atoms with E-state index in [1.165, 1.54) is 11.3 Å². The Labute approximate surface area is 99.0 Å². The van der Waals surface area contributed by atoms with Crippen molar-refractivity contribution in [2.24, 2.45) is 0 Å². The Bertz CT molecular complexity index is 516. The van der Waals surface area contributed by atoms with Gasteiger partial charge in [-0.15, -0.1) is 11.3 Å². The highest BCUT2D eigenvalue weighted by Gasteiger charge is 2.10. The maximum Gasteiger partial charge on any atom is 0.178 e. The van der Waals surface area contributed by atoms with Crippen LogP contribution in [0.4, 0.5) is 0 Å². The molecule has 0 radical (unpaired) electrons. The Hall–Kier alpha value is -1.48. The lowest BCUT2D eigenvalue weighted by molar-refractivity contribution is 0.0996. The summed E-state index contributed by atoms with van der Waals surface area (Å²) in [4.78, 5) is 16.8. The molecule has 0 atom stereocenters. The highest BCUT2D eigenvalue weighted by Crippen LogP contribution is 2.16. The molecule has 82 valence electrons. The number of ketones is 1. The zero-order chi connectivity index (χ0) is 11.5. The maximum atomic E-state index is 12.0. The van der Waals surface area contributed by atoms with Crippen molar-refractivity contribution in [3.8, 4) is 0 Å². The van der Waals surface area contributed by atoms with E-state index in [0.29, 0.717) is 6.42 Å². The van der Waals surface area contributed by atoms with Crippen LogP contribution in [0.5, 0.6) is 0 Å². The van der Waals surface area contributed by atoms with E-state index in [1.54, 1.807) is 6.20 Å². The predicted molar refractivity (Wildman–Crippen MR) is 66.1 cm³/mol. The molecule has 1 aromatic carbocycles. The van der Waals surface area contributed by atoms with Crippen molar-refractivity contribution in [2.45, 2.75) is 20.3 Å². The number of hydrogen-bond donors (Lipinski definition) is 0. The van der Waals surface area contributed by atoms with Gasteiger partial charge in [-0.3, -0.25) is 4.79 Å². The Morgan fingerprint density at radius 3 is 2.69 bits per heavy atom. The third-order valence-corrected chi connectivity index (χ3v) is 3.46. The second-order valence-electron chi connectivity index (χ2n) is 3.77. The average Bonchev–Trinajstić information content (AvgIpc) is 2.68. The van der Waals surface area contributed by atoms with Crippen LogP contribution in [0.15, 0.2) is 30.5 Å². The van der Waals surface area contributed by atoms with Gasteiger partial charge in [0.25, 0.3) is 0 Å². The van der Waals surface area contributed by atoms with Gasteiger partial charge in [-0.25, -0.2) is 4.98 Å². The number of rotatable bonds is 3. The SMILES string of the molecule is Cc1ncc(C(=O)Cc2ccccc2C)s1. The second kappa shape index (κ2) is 4.58. The highest BCUT2D eigenvalue weighted by molar-refractivity contribution is 7.13. The van der Waals surface area contributed by atoms with Gasteiger partial charge in [0.2, 0.25) is 0 Å². The highest BCUT2D eigenvalue weighted by atomic mass is 32.1. The van der Waals surface area contributed by atoms with Crippen LogP contribution >= 0.6 is 11.3 Å². The molecule has 0 saturated carbocycles. The molecule has 16 heavy (non-hydrogen) atoms. The molecule has 2 aromatic rings. The fraction of sp³-hybridized carbons (Fsp3) is 0.231. The number of hydrogen-bond acceptors (Lipinski definition) is 3. The summed E-state index contributed by atoms with van der Waals surface area (Å²) in [6.45, 7) is 3.94. The normalized spacial score (nSPS) is 10.4. The van der Waals surface area contributed by atoms with Gasteiger partial charge in [-0.05, 0) is 25.0 Å². The van der Waals surface area contributed by atoms with Crippen LogP contribution in [-0.4, -0.2) is 10.8 Å². The number of carbonyl (C=O) groups excluding carboxylic acids is 1. The van der Waals surface area contributed by atoms with Crippen LogP contribution in [0, 0.1) is 13.8 Å². The first-order valence-electron chi connectivity index (χ1n) is 5.17. The Morgan fingerprint density at radius 2 is 2.06 bits per heavy atom. The number of aryl methyl sites for hydroxylation is 2. The molecule has 0 fully saturated rings. The van der Waals surface area contributed by atoms with Gasteiger partial charge >= 0.3 is 0 Å². The molecule has 0 aliphatic carbocycles. The third kappa shape index (κ3) is 2.36. The lowest BCUT2D eigenvalue weighted by atomic mass is 10.0. The van der Waals surface area contributed by atoms with Crippen molar-refractivity contribution in [1.82, 2.24) is 4.98 Å². The van der Waals surface area contributed by atoms with Gasteiger partial charge in [-0.1, -0.05) is 24.3 Å². The summed E-state index contributed by atoms with van der Waals surface area (Å²) >= 11 is 1.46. The summed E-state index contributed by atoms with van der Waals surface area (Å²) in [6, 6.07) is 7.98. The van der Waals surface area contributed by atoms with E-state index in [0.717, 1.165) is 21.0 Å². The number of nitrogens with zero attached hydrogens (tertiary/aromatic N) is 1.